The highest BCUT2D eigenvalue weighted by atomic mass is 16.6. The number of unbranched alkanes of at least 4 members (excludes halogenated alkanes) is 5. The number of likely N-dealkylation sites (N-methyl/N-ethyl adjacent to an activating group) is 1. The second-order valence-electron chi connectivity index (χ2n) is 14.5. The molecule has 0 aliphatic rings. The fourth-order valence-corrected chi connectivity index (χ4v) is 5.27. The maximum atomic E-state index is 12.7. The van der Waals surface area contributed by atoms with Crippen molar-refractivity contribution in [2.75, 3.05) is 41.0 Å². The minimum Gasteiger partial charge on any atom is -0.544 e. The van der Waals surface area contributed by atoms with Crippen LogP contribution in [0.25, 0.3) is 0 Å². The van der Waals surface area contributed by atoms with E-state index in [0.717, 1.165) is 83.5 Å². The standard InChI is InChI=1S/C48H75NO7/c1-6-8-10-12-14-16-18-20-21-22-23-24-25-27-29-31-33-35-37-39-47(51)56-44(42-54-41-40-45(48(52)53)49(3,4)5)43-55-46(50)38-36-34-32-30-28-26-19-17-15-13-11-9-7-2/h8-11,13-17,19-21,23-24,27,29,33,35,44-45H,6-7,12,18,22,25-26,28,30-32,34,36-43H2,1-5H3/b10-8+,11-9+,15-13+,16-14+,19-17+,21-20+,24-23+,29-27+,35-33+. The molecule has 314 valence electrons. The van der Waals surface area contributed by atoms with Gasteiger partial charge in [-0.3, -0.25) is 9.59 Å². The summed E-state index contributed by atoms with van der Waals surface area (Å²) in [5.74, 6) is -1.89. The van der Waals surface area contributed by atoms with Crippen molar-refractivity contribution in [2.45, 2.75) is 135 Å². The zero-order valence-corrected chi connectivity index (χ0v) is 35.5. The van der Waals surface area contributed by atoms with Gasteiger partial charge in [-0.15, -0.1) is 0 Å². The molecule has 0 fully saturated rings. The van der Waals surface area contributed by atoms with Crippen molar-refractivity contribution >= 4 is 17.9 Å². The first-order valence-corrected chi connectivity index (χ1v) is 20.9. The van der Waals surface area contributed by atoms with Crippen LogP contribution in [0.1, 0.15) is 123 Å². The molecule has 0 saturated carbocycles. The quantitative estimate of drug-likeness (QED) is 0.0208. The average Bonchev–Trinajstić information content (AvgIpc) is 3.15. The first kappa shape index (κ1) is 52.0. The van der Waals surface area contributed by atoms with E-state index in [9.17, 15) is 19.5 Å². The first-order chi connectivity index (χ1) is 27.1. The summed E-state index contributed by atoms with van der Waals surface area (Å²) in [5, 5.41) is 11.6. The van der Waals surface area contributed by atoms with E-state index in [1.807, 2.05) is 24.3 Å². The Hall–Kier alpha value is -4.01. The van der Waals surface area contributed by atoms with Crippen molar-refractivity contribution in [3.8, 4) is 0 Å². The van der Waals surface area contributed by atoms with E-state index in [1.165, 1.54) is 0 Å². The molecular formula is C48H75NO7. The van der Waals surface area contributed by atoms with Gasteiger partial charge in [0.25, 0.3) is 0 Å². The van der Waals surface area contributed by atoms with Crippen LogP contribution < -0.4 is 5.11 Å². The lowest BCUT2D eigenvalue weighted by molar-refractivity contribution is -0.889. The monoisotopic (exact) mass is 778 g/mol. The fourth-order valence-electron chi connectivity index (χ4n) is 5.27. The summed E-state index contributed by atoms with van der Waals surface area (Å²) in [5.41, 5.74) is 0. The third kappa shape index (κ3) is 35.7. The van der Waals surface area contributed by atoms with Crippen LogP contribution in [0.4, 0.5) is 0 Å². The smallest absolute Gasteiger partial charge is 0.306 e. The molecule has 0 aromatic heterocycles. The Kier molecular flexibility index (Phi) is 35.2. The minimum absolute atomic E-state index is 0.00444. The number of carbonyl (C=O) groups excluding carboxylic acids is 3. The Balaban J connectivity index is 4.56. The highest BCUT2D eigenvalue weighted by Crippen LogP contribution is 2.11. The lowest BCUT2D eigenvalue weighted by Gasteiger charge is -2.34. The molecule has 0 aliphatic carbocycles. The van der Waals surface area contributed by atoms with Gasteiger partial charge in [-0.05, 0) is 70.6 Å². The number of esters is 2. The molecule has 56 heavy (non-hydrogen) atoms. The number of quaternary nitrogens is 1. The predicted octanol–water partition coefficient (Wildman–Crippen LogP) is 9.96. The Morgan fingerprint density at radius 3 is 1.62 bits per heavy atom. The fraction of sp³-hybridized carbons (Fsp3) is 0.562. The van der Waals surface area contributed by atoms with E-state index in [4.69, 9.17) is 14.2 Å². The van der Waals surface area contributed by atoms with Gasteiger partial charge in [0.2, 0.25) is 0 Å². The van der Waals surface area contributed by atoms with Crippen molar-refractivity contribution in [3.05, 3.63) is 109 Å². The molecule has 0 rings (SSSR count). The SMILES string of the molecule is CC/C=C/C=C/C=C/CCCCCCCC(=O)OCC(COCCC(C(=O)[O-])[N+](C)(C)C)OC(=O)CC/C=C/C/C=C/C/C=C/C/C=C/C/C=C/C/C=C/CC. The summed E-state index contributed by atoms with van der Waals surface area (Å²) in [4.78, 5) is 36.8. The molecule has 0 aromatic carbocycles. The average molecular weight is 778 g/mol. The van der Waals surface area contributed by atoms with Crippen LogP contribution in [0.3, 0.4) is 0 Å². The summed E-state index contributed by atoms with van der Waals surface area (Å²) < 4.78 is 17.0. The number of rotatable bonds is 35. The van der Waals surface area contributed by atoms with E-state index in [-0.39, 0.29) is 43.1 Å². The largest absolute Gasteiger partial charge is 0.544 e. The first-order valence-electron chi connectivity index (χ1n) is 20.9. The van der Waals surface area contributed by atoms with Gasteiger partial charge in [-0.1, -0.05) is 142 Å². The molecule has 8 nitrogen and oxygen atoms in total. The van der Waals surface area contributed by atoms with Crippen LogP contribution in [0.5, 0.6) is 0 Å². The molecule has 0 aliphatic heterocycles. The van der Waals surface area contributed by atoms with Crippen LogP contribution in [0, 0.1) is 0 Å². The number of carbonyl (C=O) groups is 3. The van der Waals surface area contributed by atoms with Crippen LogP contribution in [-0.2, 0) is 28.6 Å². The van der Waals surface area contributed by atoms with Crippen molar-refractivity contribution in [3.63, 3.8) is 0 Å². The van der Waals surface area contributed by atoms with Crippen LogP contribution in [0.2, 0.25) is 0 Å². The Morgan fingerprint density at radius 2 is 1.07 bits per heavy atom. The topological polar surface area (TPSA) is 102 Å². The Labute approximate surface area is 340 Å². The lowest BCUT2D eigenvalue weighted by Crippen LogP contribution is -2.55. The Bertz CT molecular complexity index is 1280. The second-order valence-corrected chi connectivity index (χ2v) is 14.5. The van der Waals surface area contributed by atoms with Gasteiger partial charge < -0.3 is 28.6 Å². The Morgan fingerprint density at radius 1 is 0.554 bits per heavy atom. The number of carboxylic acids is 1. The van der Waals surface area contributed by atoms with Gasteiger partial charge in [0, 0.05) is 19.3 Å². The summed E-state index contributed by atoms with van der Waals surface area (Å²) >= 11 is 0. The third-order valence-electron chi connectivity index (χ3n) is 8.48. The molecule has 0 amide bonds. The summed E-state index contributed by atoms with van der Waals surface area (Å²) in [6.45, 7) is 4.27. The number of aliphatic carboxylic acids is 1. The van der Waals surface area contributed by atoms with E-state index in [1.54, 1.807) is 21.1 Å². The number of nitrogens with zero attached hydrogens (tertiary/aromatic N) is 1. The molecule has 2 atom stereocenters. The number of carboxylic acid groups (broad SMARTS) is 1. The minimum atomic E-state index is -1.15. The molecule has 2 unspecified atom stereocenters. The second kappa shape index (κ2) is 37.9. The van der Waals surface area contributed by atoms with Crippen molar-refractivity contribution < 1.29 is 38.2 Å². The molecule has 0 saturated heterocycles. The number of ether oxygens (including phenoxy) is 3. The zero-order valence-electron chi connectivity index (χ0n) is 35.5. The van der Waals surface area contributed by atoms with E-state index in [0.29, 0.717) is 12.8 Å². The van der Waals surface area contributed by atoms with Crippen molar-refractivity contribution in [1.29, 1.82) is 0 Å². The zero-order chi connectivity index (χ0) is 41.4. The van der Waals surface area contributed by atoms with Gasteiger partial charge in [-0.2, -0.15) is 0 Å². The molecular weight excluding hydrogens is 703 g/mol. The van der Waals surface area contributed by atoms with E-state index >= 15 is 0 Å². The van der Waals surface area contributed by atoms with Crippen molar-refractivity contribution in [1.82, 2.24) is 0 Å². The normalized spacial score (nSPS) is 14.1. The van der Waals surface area contributed by atoms with Crippen LogP contribution >= 0.6 is 0 Å². The van der Waals surface area contributed by atoms with Gasteiger partial charge in [-0.25, -0.2) is 0 Å². The number of hydrogen-bond donors (Lipinski definition) is 0. The van der Waals surface area contributed by atoms with E-state index in [2.05, 4.69) is 98.9 Å². The molecule has 0 spiro atoms. The third-order valence-corrected chi connectivity index (χ3v) is 8.48. The highest BCUT2D eigenvalue weighted by molar-refractivity contribution is 5.70. The maximum Gasteiger partial charge on any atom is 0.306 e. The van der Waals surface area contributed by atoms with E-state index < -0.39 is 24.1 Å². The van der Waals surface area contributed by atoms with Crippen LogP contribution in [0.15, 0.2) is 109 Å². The van der Waals surface area contributed by atoms with Gasteiger partial charge in [0.1, 0.15) is 12.6 Å². The lowest BCUT2D eigenvalue weighted by atomic mass is 10.1. The van der Waals surface area contributed by atoms with Gasteiger partial charge in [0.15, 0.2) is 6.10 Å². The molecule has 0 bridgehead atoms. The number of hydrogen-bond acceptors (Lipinski definition) is 7. The van der Waals surface area contributed by atoms with Crippen molar-refractivity contribution in [2.24, 2.45) is 0 Å². The van der Waals surface area contributed by atoms with Gasteiger partial charge in [0.05, 0.1) is 40.3 Å². The van der Waals surface area contributed by atoms with Gasteiger partial charge >= 0.3 is 11.9 Å². The summed E-state index contributed by atoms with van der Waals surface area (Å²) in [6.07, 6.45) is 51.3. The summed E-state index contributed by atoms with van der Waals surface area (Å²) in [6, 6.07) is -0.748. The molecule has 0 aromatic rings. The molecule has 0 radical (unpaired) electrons. The summed E-state index contributed by atoms with van der Waals surface area (Å²) in [7, 11) is 5.35. The number of allylic oxidation sites excluding steroid dienone is 18. The highest BCUT2D eigenvalue weighted by Gasteiger charge is 2.25. The molecule has 0 N–H and O–H groups in total. The molecule has 0 heterocycles. The maximum absolute atomic E-state index is 12.7. The molecule has 8 heteroatoms. The predicted molar refractivity (Wildman–Crippen MR) is 231 cm³/mol. The van der Waals surface area contributed by atoms with Crippen LogP contribution in [-0.4, -0.2) is 75.5 Å².